The molecular weight excluding hydrogens is 244 g/mol. The number of aryl methyl sites for hydroxylation is 1. The van der Waals surface area contributed by atoms with Crippen LogP contribution in [0.2, 0.25) is 0 Å². The summed E-state index contributed by atoms with van der Waals surface area (Å²) in [5.41, 5.74) is 2.99. The van der Waals surface area contributed by atoms with Crippen molar-refractivity contribution in [1.82, 2.24) is 0 Å². The monoisotopic (exact) mass is 257 g/mol. The zero-order valence-electron chi connectivity index (χ0n) is 10.5. The van der Waals surface area contributed by atoms with Gasteiger partial charge in [0.15, 0.2) is 0 Å². The molecule has 0 aromatic heterocycles. The lowest BCUT2D eigenvalue weighted by molar-refractivity contribution is 0.00474. The van der Waals surface area contributed by atoms with Gasteiger partial charge >= 0.3 is 0 Å². The van der Waals surface area contributed by atoms with Crippen LogP contribution in [0.15, 0.2) is 53.5 Å². The summed E-state index contributed by atoms with van der Waals surface area (Å²) >= 11 is 0. The van der Waals surface area contributed by atoms with E-state index in [1.54, 1.807) is 12.1 Å². The van der Waals surface area contributed by atoms with Crippen LogP contribution in [0.5, 0.6) is 0 Å². The maximum atomic E-state index is 14.0. The van der Waals surface area contributed by atoms with Crippen molar-refractivity contribution >= 4 is 5.71 Å². The molecule has 2 aromatic carbocycles. The van der Waals surface area contributed by atoms with Gasteiger partial charge in [-0.05, 0) is 13.0 Å². The molecule has 0 radical (unpaired) electrons. The zero-order valence-corrected chi connectivity index (χ0v) is 10.5. The Hall–Kier alpha value is -2.03. The number of rotatable bonds is 1. The Morgan fingerprint density at radius 1 is 1.05 bits per heavy atom. The number of hydrogen-bond donors (Lipinski definition) is 0. The Morgan fingerprint density at radius 3 is 2.53 bits per heavy atom. The molecule has 0 atom stereocenters. The van der Waals surface area contributed by atoms with Crippen molar-refractivity contribution < 1.29 is 8.78 Å². The molecule has 0 unspecified atom stereocenters. The van der Waals surface area contributed by atoms with E-state index in [0.717, 1.165) is 11.1 Å². The van der Waals surface area contributed by atoms with Crippen LogP contribution in [0.4, 0.5) is 8.78 Å². The zero-order chi connectivity index (χ0) is 13.5. The van der Waals surface area contributed by atoms with Gasteiger partial charge in [0.2, 0.25) is 0 Å². The Labute approximate surface area is 110 Å². The van der Waals surface area contributed by atoms with E-state index in [-0.39, 0.29) is 5.56 Å². The van der Waals surface area contributed by atoms with Gasteiger partial charge in [-0.25, -0.2) is 0 Å². The van der Waals surface area contributed by atoms with Crippen LogP contribution >= 0.6 is 0 Å². The van der Waals surface area contributed by atoms with Crippen molar-refractivity contribution in [1.29, 1.82) is 0 Å². The molecular formula is C16H13F2N. The van der Waals surface area contributed by atoms with Gasteiger partial charge in [-0.1, -0.05) is 48.0 Å². The van der Waals surface area contributed by atoms with E-state index in [1.807, 2.05) is 43.3 Å². The normalized spacial score (nSPS) is 16.7. The molecule has 1 nitrogen and oxygen atoms in total. The first-order chi connectivity index (χ1) is 9.08. The molecule has 2 aromatic rings. The van der Waals surface area contributed by atoms with Crippen LogP contribution in [0, 0.1) is 6.92 Å². The topological polar surface area (TPSA) is 12.4 Å². The predicted octanol–water partition coefficient (Wildman–Crippen LogP) is 3.94. The summed E-state index contributed by atoms with van der Waals surface area (Å²) in [7, 11) is 0. The van der Waals surface area contributed by atoms with Gasteiger partial charge in [-0.15, -0.1) is 0 Å². The molecule has 1 heterocycles. The molecule has 0 amide bonds. The molecule has 3 rings (SSSR count). The SMILES string of the molecule is Cc1ccc2c(c1)C(F)(F)CN=C2c1ccccc1. The molecule has 1 aliphatic heterocycles. The Morgan fingerprint density at radius 2 is 1.79 bits per heavy atom. The summed E-state index contributed by atoms with van der Waals surface area (Å²) in [5.74, 6) is -2.88. The first kappa shape index (κ1) is 12.0. The number of benzene rings is 2. The summed E-state index contributed by atoms with van der Waals surface area (Å²) in [6, 6.07) is 14.6. The molecule has 0 N–H and O–H groups in total. The van der Waals surface area contributed by atoms with E-state index in [1.165, 1.54) is 0 Å². The van der Waals surface area contributed by atoms with Gasteiger partial charge in [-0.2, -0.15) is 8.78 Å². The van der Waals surface area contributed by atoms with Crippen LogP contribution in [-0.2, 0) is 5.92 Å². The van der Waals surface area contributed by atoms with E-state index in [4.69, 9.17) is 0 Å². The summed E-state index contributed by atoms with van der Waals surface area (Å²) in [5, 5.41) is 0. The molecule has 0 saturated carbocycles. The van der Waals surface area contributed by atoms with E-state index in [9.17, 15) is 8.78 Å². The highest BCUT2D eigenvalue weighted by Crippen LogP contribution is 2.36. The lowest BCUT2D eigenvalue weighted by Crippen LogP contribution is -2.27. The molecule has 0 spiro atoms. The molecule has 0 bridgehead atoms. The molecule has 0 fully saturated rings. The standard InChI is InChI=1S/C16H13F2N/c1-11-7-8-13-14(9-11)16(17,18)10-19-15(13)12-5-3-2-4-6-12/h2-9H,10H2,1H3. The maximum absolute atomic E-state index is 14.0. The minimum atomic E-state index is -2.88. The highest BCUT2D eigenvalue weighted by atomic mass is 19.3. The fourth-order valence-corrected chi connectivity index (χ4v) is 2.36. The Bertz CT molecular complexity index is 645. The first-order valence-corrected chi connectivity index (χ1v) is 6.17. The van der Waals surface area contributed by atoms with Crippen LogP contribution in [0.25, 0.3) is 0 Å². The second kappa shape index (κ2) is 4.26. The Kier molecular flexibility index (Phi) is 2.70. The number of aliphatic imine (C=N–C) groups is 1. The number of hydrogen-bond acceptors (Lipinski definition) is 1. The highest BCUT2D eigenvalue weighted by molar-refractivity contribution is 6.14. The van der Waals surface area contributed by atoms with Crippen LogP contribution in [0.3, 0.4) is 0 Å². The smallest absolute Gasteiger partial charge is 0.277 e. The molecule has 96 valence electrons. The average molecular weight is 257 g/mol. The van der Waals surface area contributed by atoms with Crippen LogP contribution in [0.1, 0.15) is 22.3 Å². The minimum Gasteiger partial charge on any atom is -0.277 e. The van der Waals surface area contributed by atoms with Crippen molar-refractivity contribution in [3.05, 3.63) is 70.8 Å². The van der Waals surface area contributed by atoms with Crippen molar-refractivity contribution in [2.45, 2.75) is 12.8 Å². The molecule has 1 aliphatic rings. The predicted molar refractivity (Wildman–Crippen MR) is 72.0 cm³/mol. The van der Waals surface area contributed by atoms with Crippen molar-refractivity contribution in [3.63, 3.8) is 0 Å². The van der Waals surface area contributed by atoms with Gasteiger partial charge in [0.1, 0.15) is 6.54 Å². The van der Waals surface area contributed by atoms with Gasteiger partial charge in [0.05, 0.1) is 5.71 Å². The van der Waals surface area contributed by atoms with Crippen molar-refractivity contribution in [2.75, 3.05) is 6.54 Å². The van der Waals surface area contributed by atoms with E-state index in [0.29, 0.717) is 11.3 Å². The van der Waals surface area contributed by atoms with Crippen LogP contribution < -0.4 is 0 Å². The third-order valence-corrected chi connectivity index (χ3v) is 3.31. The van der Waals surface area contributed by atoms with Crippen LogP contribution in [-0.4, -0.2) is 12.3 Å². The molecule has 0 aliphatic carbocycles. The quantitative estimate of drug-likeness (QED) is 0.733. The largest absolute Gasteiger partial charge is 0.293 e. The number of alkyl halides is 2. The van der Waals surface area contributed by atoms with Crippen molar-refractivity contribution in [2.24, 2.45) is 4.99 Å². The third-order valence-electron chi connectivity index (χ3n) is 3.31. The third kappa shape index (κ3) is 2.05. The lowest BCUT2D eigenvalue weighted by atomic mass is 9.90. The summed E-state index contributed by atoms with van der Waals surface area (Å²) < 4.78 is 27.9. The first-order valence-electron chi connectivity index (χ1n) is 6.17. The second-order valence-corrected chi connectivity index (χ2v) is 4.78. The minimum absolute atomic E-state index is 0.0846. The second-order valence-electron chi connectivity index (χ2n) is 4.78. The average Bonchev–Trinajstić information content (AvgIpc) is 2.41. The molecule has 3 heteroatoms. The van der Waals surface area contributed by atoms with Gasteiger partial charge in [0, 0.05) is 16.7 Å². The lowest BCUT2D eigenvalue weighted by Gasteiger charge is -2.25. The summed E-state index contributed by atoms with van der Waals surface area (Å²) in [4.78, 5) is 4.09. The van der Waals surface area contributed by atoms with Gasteiger partial charge in [0.25, 0.3) is 5.92 Å². The van der Waals surface area contributed by atoms with Crippen molar-refractivity contribution in [3.8, 4) is 0 Å². The molecule has 0 saturated heterocycles. The fraction of sp³-hybridized carbons (Fsp3) is 0.188. The number of halogens is 2. The Balaban J connectivity index is 2.19. The van der Waals surface area contributed by atoms with Gasteiger partial charge in [-0.3, -0.25) is 4.99 Å². The summed E-state index contributed by atoms with van der Waals surface area (Å²) in [6.45, 7) is 1.35. The number of nitrogens with zero attached hydrogens (tertiary/aromatic N) is 1. The maximum Gasteiger partial charge on any atom is 0.293 e. The highest BCUT2D eigenvalue weighted by Gasteiger charge is 2.38. The van der Waals surface area contributed by atoms with Gasteiger partial charge < -0.3 is 0 Å². The molecule has 19 heavy (non-hydrogen) atoms. The van der Waals surface area contributed by atoms with E-state index < -0.39 is 12.5 Å². The number of fused-ring (bicyclic) bond motifs is 1. The van der Waals surface area contributed by atoms with E-state index >= 15 is 0 Å². The van der Waals surface area contributed by atoms with E-state index in [2.05, 4.69) is 4.99 Å². The fourth-order valence-electron chi connectivity index (χ4n) is 2.36. The summed E-state index contributed by atoms with van der Waals surface area (Å²) in [6.07, 6.45) is 0.